The molecular weight excluding hydrogens is 228 g/mol. The Hall–Kier alpha value is -1.36. The van der Waals surface area contributed by atoms with E-state index in [-0.39, 0.29) is 5.56 Å². The predicted octanol–water partition coefficient (Wildman–Crippen LogP) is 0.834. The maximum absolute atomic E-state index is 11.3. The van der Waals surface area contributed by atoms with Gasteiger partial charge in [0.25, 0.3) is 5.56 Å². The lowest BCUT2D eigenvalue weighted by Crippen LogP contribution is -2.41. The highest BCUT2D eigenvalue weighted by Gasteiger charge is 2.29. The maximum atomic E-state index is 11.3. The summed E-state index contributed by atoms with van der Waals surface area (Å²) in [5.41, 5.74) is -0.0681. The highest BCUT2D eigenvalue weighted by molar-refractivity contribution is 5.38. The van der Waals surface area contributed by atoms with Gasteiger partial charge in [0.1, 0.15) is 5.82 Å². The van der Waals surface area contributed by atoms with Gasteiger partial charge in [0.2, 0.25) is 0 Å². The lowest BCUT2D eigenvalue weighted by atomic mass is 10.1. The molecule has 2 aliphatic rings. The van der Waals surface area contributed by atoms with Crippen molar-refractivity contribution in [2.24, 2.45) is 0 Å². The van der Waals surface area contributed by atoms with E-state index in [0.717, 1.165) is 18.9 Å². The summed E-state index contributed by atoms with van der Waals surface area (Å²) >= 11 is 0. The number of nitrogens with zero attached hydrogens (tertiary/aromatic N) is 3. The van der Waals surface area contributed by atoms with E-state index >= 15 is 0 Å². The van der Waals surface area contributed by atoms with E-state index in [2.05, 4.69) is 19.8 Å². The first kappa shape index (κ1) is 11.7. The summed E-state index contributed by atoms with van der Waals surface area (Å²) in [5, 5.41) is 0. The number of hydrogen-bond acceptors (Lipinski definition) is 4. The van der Waals surface area contributed by atoms with Crippen molar-refractivity contribution in [2.45, 2.75) is 31.7 Å². The molecule has 2 aliphatic heterocycles. The van der Waals surface area contributed by atoms with Crippen LogP contribution in [0.3, 0.4) is 0 Å². The molecule has 2 saturated heterocycles. The van der Waals surface area contributed by atoms with Crippen molar-refractivity contribution in [3.63, 3.8) is 0 Å². The SMILES string of the molecule is O=c1cc(N2CCC(N3CCCCC3)C2)nc[nH]1. The number of anilines is 1. The summed E-state index contributed by atoms with van der Waals surface area (Å²) in [6, 6.07) is 2.24. The number of piperidine rings is 1. The molecule has 5 heteroatoms. The van der Waals surface area contributed by atoms with Gasteiger partial charge < -0.3 is 9.88 Å². The van der Waals surface area contributed by atoms with Crippen molar-refractivity contribution in [1.29, 1.82) is 0 Å². The number of nitrogens with one attached hydrogen (secondary N) is 1. The van der Waals surface area contributed by atoms with Gasteiger partial charge in [-0.05, 0) is 32.4 Å². The van der Waals surface area contributed by atoms with Gasteiger partial charge in [-0.2, -0.15) is 0 Å². The second-order valence-corrected chi connectivity index (χ2v) is 5.25. The summed E-state index contributed by atoms with van der Waals surface area (Å²) in [6.07, 6.45) is 6.72. The molecule has 0 aromatic carbocycles. The highest BCUT2D eigenvalue weighted by atomic mass is 16.1. The Morgan fingerprint density at radius 2 is 2.06 bits per heavy atom. The van der Waals surface area contributed by atoms with Gasteiger partial charge in [0.15, 0.2) is 0 Å². The largest absolute Gasteiger partial charge is 0.355 e. The summed E-state index contributed by atoms with van der Waals surface area (Å²) in [6.45, 7) is 4.50. The summed E-state index contributed by atoms with van der Waals surface area (Å²) in [4.78, 5) is 23.0. The number of likely N-dealkylation sites (tertiary alicyclic amines) is 1. The summed E-state index contributed by atoms with van der Waals surface area (Å²) < 4.78 is 0. The number of aromatic nitrogens is 2. The summed E-state index contributed by atoms with van der Waals surface area (Å²) in [5.74, 6) is 0.818. The molecule has 1 atom stereocenters. The third-order valence-corrected chi connectivity index (χ3v) is 4.06. The minimum Gasteiger partial charge on any atom is -0.355 e. The van der Waals surface area contributed by atoms with Gasteiger partial charge in [-0.1, -0.05) is 6.42 Å². The summed E-state index contributed by atoms with van der Waals surface area (Å²) in [7, 11) is 0. The monoisotopic (exact) mass is 248 g/mol. The second-order valence-electron chi connectivity index (χ2n) is 5.25. The standard InChI is InChI=1S/C13H20N4O/c18-13-8-12(14-10-15-13)17-7-4-11(9-17)16-5-2-1-3-6-16/h8,10-11H,1-7,9H2,(H,14,15,18). The van der Waals surface area contributed by atoms with E-state index < -0.39 is 0 Å². The van der Waals surface area contributed by atoms with Gasteiger partial charge in [-0.3, -0.25) is 9.69 Å². The van der Waals surface area contributed by atoms with Gasteiger partial charge >= 0.3 is 0 Å². The van der Waals surface area contributed by atoms with Gasteiger partial charge in [0.05, 0.1) is 6.33 Å². The van der Waals surface area contributed by atoms with E-state index in [4.69, 9.17) is 0 Å². The normalized spacial score (nSPS) is 25.6. The quantitative estimate of drug-likeness (QED) is 0.842. The average molecular weight is 248 g/mol. The predicted molar refractivity (Wildman–Crippen MR) is 70.9 cm³/mol. The minimum atomic E-state index is -0.0681. The third kappa shape index (κ3) is 2.41. The fourth-order valence-corrected chi connectivity index (χ4v) is 3.06. The Morgan fingerprint density at radius 1 is 1.22 bits per heavy atom. The van der Waals surface area contributed by atoms with Crippen LogP contribution in [0, 0.1) is 0 Å². The van der Waals surface area contributed by atoms with Gasteiger partial charge in [-0.15, -0.1) is 0 Å². The molecule has 0 saturated carbocycles. The van der Waals surface area contributed by atoms with Gasteiger partial charge in [0, 0.05) is 25.2 Å². The molecule has 0 amide bonds. The van der Waals surface area contributed by atoms with Crippen LogP contribution in [0.4, 0.5) is 5.82 Å². The zero-order chi connectivity index (χ0) is 12.4. The average Bonchev–Trinajstić information content (AvgIpc) is 2.89. The van der Waals surface area contributed by atoms with Crippen molar-refractivity contribution in [3.8, 4) is 0 Å². The van der Waals surface area contributed by atoms with Crippen LogP contribution in [0.1, 0.15) is 25.7 Å². The third-order valence-electron chi connectivity index (χ3n) is 4.06. The van der Waals surface area contributed by atoms with E-state index in [1.165, 1.54) is 45.1 Å². The van der Waals surface area contributed by atoms with Crippen molar-refractivity contribution < 1.29 is 0 Å². The van der Waals surface area contributed by atoms with Crippen LogP contribution in [-0.4, -0.2) is 47.1 Å². The van der Waals surface area contributed by atoms with Crippen LogP contribution < -0.4 is 10.5 Å². The molecule has 2 fully saturated rings. The van der Waals surface area contributed by atoms with Crippen LogP contribution in [0.2, 0.25) is 0 Å². The number of aromatic amines is 1. The molecule has 98 valence electrons. The first-order valence-electron chi connectivity index (χ1n) is 6.87. The Bertz CT molecular complexity index is 452. The fraction of sp³-hybridized carbons (Fsp3) is 0.692. The lowest BCUT2D eigenvalue weighted by Gasteiger charge is -2.32. The van der Waals surface area contributed by atoms with Crippen molar-refractivity contribution in [3.05, 3.63) is 22.7 Å². The van der Waals surface area contributed by atoms with Gasteiger partial charge in [-0.25, -0.2) is 4.98 Å². The molecule has 3 heterocycles. The minimum absolute atomic E-state index is 0.0681. The second kappa shape index (κ2) is 5.10. The number of H-pyrrole nitrogens is 1. The molecule has 0 aliphatic carbocycles. The molecule has 18 heavy (non-hydrogen) atoms. The van der Waals surface area contributed by atoms with Crippen LogP contribution in [-0.2, 0) is 0 Å². The Balaban J connectivity index is 1.66. The Kier molecular flexibility index (Phi) is 3.32. The molecule has 1 N–H and O–H groups in total. The van der Waals surface area contributed by atoms with E-state index in [0.29, 0.717) is 6.04 Å². The van der Waals surface area contributed by atoms with Crippen LogP contribution >= 0.6 is 0 Å². The molecule has 5 nitrogen and oxygen atoms in total. The zero-order valence-corrected chi connectivity index (χ0v) is 10.6. The molecule has 0 bridgehead atoms. The smallest absolute Gasteiger partial charge is 0.252 e. The highest BCUT2D eigenvalue weighted by Crippen LogP contribution is 2.22. The molecular formula is C13H20N4O. The van der Waals surface area contributed by atoms with Crippen LogP contribution in [0.5, 0.6) is 0 Å². The first-order chi connectivity index (χ1) is 8.83. The number of rotatable bonds is 2. The fourth-order valence-electron chi connectivity index (χ4n) is 3.06. The van der Waals surface area contributed by atoms with Crippen molar-refractivity contribution in [2.75, 3.05) is 31.1 Å². The molecule has 0 spiro atoms. The molecule has 1 aromatic heterocycles. The topological polar surface area (TPSA) is 52.2 Å². The molecule has 0 radical (unpaired) electrons. The number of hydrogen-bond donors (Lipinski definition) is 1. The molecule has 1 unspecified atom stereocenters. The lowest BCUT2D eigenvalue weighted by molar-refractivity contribution is 0.175. The Morgan fingerprint density at radius 3 is 2.83 bits per heavy atom. The van der Waals surface area contributed by atoms with E-state index in [9.17, 15) is 4.79 Å². The van der Waals surface area contributed by atoms with Crippen molar-refractivity contribution in [1.82, 2.24) is 14.9 Å². The zero-order valence-electron chi connectivity index (χ0n) is 10.6. The van der Waals surface area contributed by atoms with Crippen LogP contribution in [0.15, 0.2) is 17.2 Å². The maximum Gasteiger partial charge on any atom is 0.252 e. The van der Waals surface area contributed by atoms with Crippen LogP contribution in [0.25, 0.3) is 0 Å². The first-order valence-corrected chi connectivity index (χ1v) is 6.87. The van der Waals surface area contributed by atoms with E-state index in [1.807, 2.05) is 0 Å². The molecule has 3 rings (SSSR count). The Labute approximate surface area is 107 Å². The van der Waals surface area contributed by atoms with E-state index in [1.54, 1.807) is 6.07 Å². The molecule has 1 aromatic rings. The van der Waals surface area contributed by atoms with Crippen molar-refractivity contribution >= 4 is 5.82 Å².